The van der Waals surface area contributed by atoms with Crippen LogP contribution < -0.4 is 0 Å². The van der Waals surface area contributed by atoms with E-state index in [0.717, 1.165) is 23.2 Å². The quantitative estimate of drug-likeness (QED) is 0.668. The molecule has 0 amide bonds. The molecular weight excluding hydrogens is 210 g/mol. The third-order valence-electron chi connectivity index (χ3n) is 2.90. The molecule has 0 saturated carbocycles. The van der Waals surface area contributed by atoms with Crippen LogP contribution in [0.1, 0.15) is 12.5 Å². The molecule has 0 N–H and O–H groups in total. The van der Waals surface area contributed by atoms with E-state index in [1.807, 2.05) is 24.3 Å². The first-order valence-corrected chi connectivity index (χ1v) is 5.78. The van der Waals surface area contributed by atoms with E-state index in [-0.39, 0.29) is 0 Å². The SMILES string of the molecule is CCc1cc2ccnn2nc1-c1ccccc1. The second-order valence-corrected chi connectivity index (χ2v) is 3.98. The number of benzene rings is 1. The minimum atomic E-state index is 0.971. The summed E-state index contributed by atoms with van der Waals surface area (Å²) >= 11 is 0. The van der Waals surface area contributed by atoms with Gasteiger partial charge in [0.15, 0.2) is 0 Å². The van der Waals surface area contributed by atoms with Crippen molar-refractivity contribution in [3.05, 3.63) is 54.2 Å². The molecule has 2 aromatic heterocycles. The van der Waals surface area contributed by atoms with E-state index in [4.69, 9.17) is 0 Å². The van der Waals surface area contributed by atoms with E-state index in [9.17, 15) is 0 Å². The van der Waals surface area contributed by atoms with E-state index < -0.39 is 0 Å². The predicted molar refractivity (Wildman–Crippen MR) is 67.8 cm³/mol. The lowest BCUT2D eigenvalue weighted by Crippen LogP contribution is -2.00. The number of fused-ring (bicyclic) bond motifs is 1. The molecule has 3 rings (SSSR count). The Morgan fingerprint density at radius 2 is 1.94 bits per heavy atom. The first-order chi connectivity index (χ1) is 8.38. The zero-order chi connectivity index (χ0) is 11.7. The molecular formula is C14H13N3. The second-order valence-electron chi connectivity index (χ2n) is 3.98. The van der Waals surface area contributed by atoms with Gasteiger partial charge in [0, 0.05) is 5.56 Å². The van der Waals surface area contributed by atoms with Crippen LogP contribution in [0.4, 0.5) is 0 Å². The fraction of sp³-hybridized carbons (Fsp3) is 0.143. The van der Waals surface area contributed by atoms with Crippen molar-refractivity contribution in [3.63, 3.8) is 0 Å². The molecule has 0 fully saturated rings. The van der Waals surface area contributed by atoms with Crippen molar-refractivity contribution in [2.45, 2.75) is 13.3 Å². The Morgan fingerprint density at radius 3 is 2.71 bits per heavy atom. The highest BCUT2D eigenvalue weighted by Gasteiger charge is 2.07. The number of hydrogen-bond acceptors (Lipinski definition) is 2. The Balaban J connectivity index is 2.26. The summed E-state index contributed by atoms with van der Waals surface area (Å²) in [5.41, 5.74) is 4.46. The maximum Gasteiger partial charge on any atom is 0.0961 e. The van der Waals surface area contributed by atoms with Gasteiger partial charge in [-0.15, -0.1) is 5.10 Å². The molecule has 0 saturated heterocycles. The lowest BCUT2D eigenvalue weighted by atomic mass is 10.0. The van der Waals surface area contributed by atoms with Crippen molar-refractivity contribution in [1.29, 1.82) is 0 Å². The summed E-state index contributed by atoms with van der Waals surface area (Å²) in [6.45, 7) is 2.15. The summed E-state index contributed by atoms with van der Waals surface area (Å²) in [5, 5.41) is 8.77. The van der Waals surface area contributed by atoms with Gasteiger partial charge in [-0.1, -0.05) is 37.3 Å². The van der Waals surface area contributed by atoms with Crippen LogP contribution in [-0.4, -0.2) is 14.8 Å². The maximum atomic E-state index is 4.58. The highest BCUT2D eigenvalue weighted by Crippen LogP contribution is 2.22. The van der Waals surface area contributed by atoms with Crippen LogP contribution in [0.2, 0.25) is 0 Å². The van der Waals surface area contributed by atoms with Crippen LogP contribution >= 0.6 is 0 Å². The standard InChI is InChI=1S/C14H13N3/c1-2-11-10-13-8-9-15-17(13)16-14(11)12-6-4-3-5-7-12/h3-10H,2H2,1H3. The predicted octanol–water partition coefficient (Wildman–Crippen LogP) is 2.96. The Hall–Kier alpha value is -2.16. The molecule has 0 aliphatic rings. The third-order valence-corrected chi connectivity index (χ3v) is 2.90. The first kappa shape index (κ1) is 10.0. The molecule has 0 radical (unpaired) electrons. The number of rotatable bonds is 2. The van der Waals surface area contributed by atoms with Crippen molar-refractivity contribution in [2.24, 2.45) is 0 Å². The molecule has 0 bridgehead atoms. The first-order valence-electron chi connectivity index (χ1n) is 5.78. The van der Waals surface area contributed by atoms with Crippen molar-refractivity contribution in [1.82, 2.24) is 14.8 Å². The Bertz CT molecular complexity index is 641. The van der Waals surface area contributed by atoms with Gasteiger partial charge in [-0.2, -0.15) is 9.73 Å². The van der Waals surface area contributed by atoms with E-state index in [2.05, 4.69) is 35.3 Å². The minimum Gasteiger partial charge on any atom is -0.158 e. The summed E-state index contributed by atoms with van der Waals surface area (Å²) in [6.07, 6.45) is 2.75. The van der Waals surface area contributed by atoms with Gasteiger partial charge in [0.1, 0.15) is 0 Å². The Kier molecular flexibility index (Phi) is 2.37. The van der Waals surface area contributed by atoms with E-state index in [1.54, 1.807) is 10.8 Å². The van der Waals surface area contributed by atoms with Gasteiger partial charge in [0.2, 0.25) is 0 Å². The molecule has 0 atom stereocenters. The molecule has 0 aliphatic heterocycles. The molecule has 0 aliphatic carbocycles. The average Bonchev–Trinajstić information content (AvgIpc) is 2.85. The molecule has 0 unspecified atom stereocenters. The minimum absolute atomic E-state index is 0.971. The molecule has 2 heterocycles. The molecule has 3 heteroatoms. The molecule has 3 aromatic rings. The molecule has 1 aromatic carbocycles. The van der Waals surface area contributed by atoms with Gasteiger partial charge in [-0.3, -0.25) is 0 Å². The van der Waals surface area contributed by atoms with Crippen LogP contribution in [0.5, 0.6) is 0 Å². The van der Waals surface area contributed by atoms with Gasteiger partial charge in [-0.25, -0.2) is 0 Å². The van der Waals surface area contributed by atoms with Crippen LogP contribution in [-0.2, 0) is 6.42 Å². The Labute approximate surface area is 99.7 Å². The van der Waals surface area contributed by atoms with E-state index in [0.29, 0.717) is 0 Å². The van der Waals surface area contributed by atoms with E-state index in [1.165, 1.54) is 5.56 Å². The summed E-state index contributed by atoms with van der Waals surface area (Å²) in [7, 11) is 0. The second kappa shape index (κ2) is 4.01. The van der Waals surface area contributed by atoms with Gasteiger partial charge in [0.05, 0.1) is 17.4 Å². The summed E-state index contributed by atoms with van der Waals surface area (Å²) in [5.74, 6) is 0. The van der Waals surface area contributed by atoms with Gasteiger partial charge < -0.3 is 0 Å². The van der Waals surface area contributed by atoms with Gasteiger partial charge in [-0.05, 0) is 24.1 Å². The van der Waals surface area contributed by atoms with Crippen LogP contribution in [0, 0.1) is 0 Å². The average molecular weight is 223 g/mol. The molecule has 84 valence electrons. The third kappa shape index (κ3) is 1.69. The number of nitrogens with zero attached hydrogens (tertiary/aromatic N) is 3. The normalized spacial score (nSPS) is 10.9. The smallest absolute Gasteiger partial charge is 0.0961 e. The molecule has 17 heavy (non-hydrogen) atoms. The summed E-state index contributed by atoms with van der Waals surface area (Å²) < 4.78 is 1.68. The maximum absolute atomic E-state index is 4.58. The topological polar surface area (TPSA) is 30.2 Å². The monoisotopic (exact) mass is 223 g/mol. The largest absolute Gasteiger partial charge is 0.158 e. The van der Waals surface area contributed by atoms with Gasteiger partial charge in [0.25, 0.3) is 0 Å². The van der Waals surface area contributed by atoms with Crippen molar-refractivity contribution < 1.29 is 0 Å². The number of aryl methyl sites for hydroxylation is 1. The summed E-state index contributed by atoms with van der Waals surface area (Å²) in [4.78, 5) is 0. The van der Waals surface area contributed by atoms with Crippen molar-refractivity contribution >= 4 is 5.52 Å². The zero-order valence-electron chi connectivity index (χ0n) is 9.67. The number of hydrogen-bond donors (Lipinski definition) is 0. The van der Waals surface area contributed by atoms with Crippen LogP contribution in [0.3, 0.4) is 0 Å². The fourth-order valence-corrected chi connectivity index (χ4v) is 2.01. The Morgan fingerprint density at radius 1 is 1.12 bits per heavy atom. The molecule has 0 spiro atoms. The van der Waals surface area contributed by atoms with E-state index >= 15 is 0 Å². The molecule has 3 nitrogen and oxygen atoms in total. The lowest BCUT2D eigenvalue weighted by Gasteiger charge is -2.07. The lowest BCUT2D eigenvalue weighted by molar-refractivity contribution is 0.797. The van der Waals surface area contributed by atoms with Crippen LogP contribution in [0.25, 0.3) is 16.8 Å². The van der Waals surface area contributed by atoms with Crippen LogP contribution in [0.15, 0.2) is 48.7 Å². The number of aromatic nitrogens is 3. The fourth-order valence-electron chi connectivity index (χ4n) is 2.01. The van der Waals surface area contributed by atoms with Crippen molar-refractivity contribution in [2.75, 3.05) is 0 Å². The highest BCUT2D eigenvalue weighted by atomic mass is 15.4. The van der Waals surface area contributed by atoms with Gasteiger partial charge >= 0.3 is 0 Å². The highest BCUT2D eigenvalue weighted by molar-refractivity contribution is 5.65. The summed E-state index contributed by atoms with van der Waals surface area (Å²) in [6, 6.07) is 14.4. The van der Waals surface area contributed by atoms with Crippen molar-refractivity contribution in [3.8, 4) is 11.3 Å². The zero-order valence-corrected chi connectivity index (χ0v) is 9.67.